The summed E-state index contributed by atoms with van der Waals surface area (Å²) >= 11 is 6.13. The van der Waals surface area contributed by atoms with Crippen LogP contribution in [0.4, 0.5) is 5.69 Å². The molecule has 0 radical (unpaired) electrons. The van der Waals surface area contributed by atoms with Gasteiger partial charge in [0.1, 0.15) is 5.02 Å². The molecule has 1 heterocycles. The first-order valence-electron chi connectivity index (χ1n) is 8.52. The van der Waals surface area contributed by atoms with Crippen molar-refractivity contribution in [2.45, 2.75) is 45.1 Å². The average molecular weight is 413 g/mol. The Balaban J connectivity index is 2.04. The lowest BCUT2D eigenvalue weighted by Gasteiger charge is -2.21. The first-order valence-corrected chi connectivity index (χ1v) is 10.4. The van der Waals surface area contributed by atoms with Gasteiger partial charge in [0.2, 0.25) is 10.0 Å². The molecule has 0 spiro atoms. The molecule has 0 aliphatic heterocycles. The number of aryl methyl sites for hydroxylation is 2. The lowest BCUT2D eigenvalue weighted by atomic mass is 10.1. The molecule has 2 aromatic rings. The zero-order valence-electron chi connectivity index (χ0n) is 16.1. The smallest absolute Gasteiger partial charge is 0.288 e. The highest BCUT2D eigenvalue weighted by Gasteiger charge is 2.20. The summed E-state index contributed by atoms with van der Waals surface area (Å²) in [5, 5.41) is 7.10. The van der Waals surface area contributed by atoms with Gasteiger partial charge in [-0.2, -0.15) is 5.10 Å². The van der Waals surface area contributed by atoms with Crippen LogP contribution in [0, 0.1) is 13.8 Å². The Morgan fingerprint density at radius 3 is 2.48 bits per heavy atom. The largest absolute Gasteiger partial charge is 0.381 e. The highest BCUT2D eigenvalue weighted by atomic mass is 35.5. The van der Waals surface area contributed by atoms with Gasteiger partial charge in [-0.1, -0.05) is 23.7 Å². The third kappa shape index (κ3) is 5.09. The molecule has 1 aromatic carbocycles. The number of rotatable bonds is 6. The van der Waals surface area contributed by atoms with Crippen molar-refractivity contribution in [2.24, 2.45) is 0 Å². The Morgan fingerprint density at radius 2 is 1.85 bits per heavy atom. The van der Waals surface area contributed by atoms with E-state index in [1.807, 2.05) is 33.8 Å². The Bertz CT molecular complexity index is 995. The second kappa shape index (κ2) is 8.00. The fourth-order valence-electron chi connectivity index (χ4n) is 2.49. The van der Waals surface area contributed by atoms with Crippen molar-refractivity contribution in [3.05, 3.63) is 50.9 Å². The number of hydrogen-bond donors (Lipinski definition) is 2. The van der Waals surface area contributed by atoms with Crippen LogP contribution in [0.25, 0.3) is 0 Å². The molecule has 0 fully saturated rings. The van der Waals surface area contributed by atoms with Crippen molar-refractivity contribution in [3.8, 4) is 0 Å². The van der Waals surface area contributed by atoms with Crippen LogP contribution in [0.3, 0.4) is 0 Å². The van der Waals surface area contributed by atoms with Crippen LogP contribution in [0.5, 0.6) is 0 Å². The Labute approximate surface area is 164 Å². The van der Waals surface area contributed by atoms with Crippen LogP contribution >= 0.6 is 11.6 Å². The highest BCUT2D eigenvalue weighted by molar-refractivity contribution is 7.89. The molecule has 148 valence electrons. The van der Waals surface area contributed by atoms with E-state index in [2.05, 4.69) is 15.1 Å². The van der Waals surface area contributed by atoms with Gasteiger partial charge >= 0.3 is 0 Å². The topological polar surface area (TPSA) is 93.1 Å². The third-order valence-electron chi connectivity index (χ3n) is 3.92. The van der Waals surface area contributed by atoms with E-state index in [0.29, 0.717) is 11.3 Å². The van der Waals surface area contributed by atoms with Gasteiger partial charge < -0.3 is 5.32 Å². The fraction of sp³-hybridized carbons (Fsp3) is 0.444. The van der Waals surface area contributed by atoms with Gasteiger partial charge in [0.15, 0.2) is 0 Å². The number of nitrogens with one attached hydrogen (secondary N) is 2. The molecule has 0 bridgehead atoms. The Kier molecular flexibility index (Phi) is 6.34. The van der Waals surface area contributed by atoms with Gasteiger partial charge in [-0.15, -0.1) is 0 Å². The predicted octanol–water partition coefficient (Wildman–Crippen LogP) is 2.66. The van der Waals surface area contributed by atoms with Crippen LogP contribution in [0.15, 0.2) is 34.1 Å². The molecule has 0 aliphatic carbocycles. The van der Waals surface area contributed by atoms with Crippen LogP contribution in [-0.4, -0.2) is 31.3 Å². The maximum atomic E-state index is 12.5. The van der Waals surface area contributed by atoms with Gasteiger partial charge in [-0.25, -0.2) is 17.8 Å². The number of sulfonamides is 1. The molecule has 2 rings (SSSR count). The summed E-state index contributed by atoms with van der Waals surface area (Å²) in [7, 11) is -3.62. The van der Waals surface area contributed by atoms with E-state index in [0.717, 1.165) is 5.56 Å². The molecule has 9 heteroatoms. The lowest BCUT2D eigenvalue weighted by molar-refractivity contribution is 0.338. The van der Waals surface area contributed by atoms with E-state index in [1.165, 1.54) is 10.9 Å². The molecule has 2 N–H and O–H groups in total. The molecule has 0 saturated heterocycles. The molecule has 27 heavy (non-hydrogen) atoms. The van der Waals surface area contributed by atoms with Crippen molar-refractivity contribution >= 4 is 27.3 Å². The molecule has 0 amide bonds. The summed E-state index contributed by atoms with van der Waals surface area (Å²) in [6.45, 7) is 9.54. The minimum Gasteiger partial charge on any atom is -0.381 e. The van der Waals surface area contributed by atoms with Crippen molar-refractivity contribution in [1.29, 1.82) is 0 Å². The van der Waals surface area contributed by atoms with E-state index in [9.17, 15) is 13.2 Å². The first-order chi connectivity index (χ1) is 12.4. The molecular weight excluding hydrogens is 388 g/mol. The lowest BCUT2D eigenvalue weighted by Crippen LogP contribution is -2.36. The Morgan fingerprint density at radius 1 is 1.19 bits per heavy atom. The predicted molar refractivity (Wildman–Crippen MR) is 108 cm³/mol. The maximum absolute atomic E-state index is 12.5. The minimum absolute atomic E-state index is 0.0253. The van der Waals surface area contributed by atoms with Crippen molar-refractivity contribution in [3.63, 3.8) is 0 Å². The molecule has 1 aromatic heterocycles. The van der Waals surface area contributed by atoms with Crippen LogP contribution in [-0.2, 0) is 15.6 Å². The first kappa shape index (κ1) is 21.4. The zero-order valence-corrected chi connectivity index (χ0v) is 17.7. The zero-order chi connectivity index (χ0) is 20.4. The van der Waals surface area contributed by atoms with E-state index in [1.54, 1.807) is 19.1 Å². The van der Waals surface area contributed by atoms with E-state index >= 15 is 0 Å². The summed E-state index contributed by atoms with van der Waals surface area (Å²) in [5.74, 6) is 0. The summed E-state index contributed by atoms with van der Waals surface area (Å²) in [4.78, 5) is 12.6. The summed E-state index contributed by atoms with van der Waals surface area (Å²) < 4.78 is 28.8. The molecule has 7 nitrogen and oxygen atoms in total. The van der Waals surface area contributed by atoms with Crippen LogP contribution in [0.2, 0.25) is 5.02 Å². The fourth-order valence-corrected chi connectivity index (χ4v) is 4.05. The number of aromatic nitrogens is 2. The molecular formula is C18H25ClN4O3S. The van der Waals surface area contributed by atoms with E-state index in [-0.39, 0.29) is 23.0 Å². The third-order valence-corrected chi connectivity index (χ3v) is 5.89. The Hall–Kier alpha value is -1.90. The summed E-state index contributed by atoms with van der Waals surface area (Å²) in [6, 6.07) is 5.28. The van der Waals surface area contributed by atoms with Gasteiger partial charge in [-0.05, 0) is 51.8 Å². The molecule has 0 atom stereocenters. The van der Waals surface area contributed by atoms with Crippen molar-refractivity contribution < 1.29 is 8.42 Å². The van der Waals surface area contributed by atoms with E-state index < -0.39 is 21.1 Å². The second-order valence-corrected chi connectivity index (χ2v) is 9.47. The molecule has 0 aliphatic rings. The molecule has 0 unspecified atom stereocenters. The standard InChI is InChI=1S/C18H25ClN4O3S/c1-12-6-7-13(2)15(10-12)27(25,26)22-9-8-20-14-11-21-23(18(3,4)5)17(24)16(14)19/h6-7,10-11,20,22H,8-9H2,1-5H3. The van der Waals surface area contributed by atoms with Gasteiger partial charge in [0.25, 0.3) is 5.56 Å². The maximum Gasteiger partial charge on any atom is 0.288 e. The summed E-state index contributed by atoms with van der Waals surface area (Å²) in [6.07, 6.45) is 1.47. The van der Waals surface area contributed by atoms with Gasteiger partial charge in [0.05, 0.1) is 22.3 Å². The second-order valence-electron chi connectivity index (χ2n) is 7.35. The van der Waals surface area contributed by atoms with Crippen LogP contribution in [0.1, 0.15) is 31.9 Å². The number of hydrogen-bond acceptors (Lipinski definition) is 5. The monoisotopic (exact) mass is 412 g/mol. The highest BCUT2D eigenvalue weighted by Crippen LogP contribution is 2.18. The number of benzene rings is 1. The normalized spacial score (nSPS) is 12.2. The van der Waals surface area contributed by atoms with Crippen molar-refractivity contribution in [1.82, 2.24) is 14.5 Å². The number of anilines is 1. The average Bonchev–Trinajstić information content (AvgIpc) is 2.56. The van der Waals surface area contributed by atoms with Gasteiger partial charge in [0, 0.05) is 13.1 Å². The quantitative estimate of drug-likeness (QED) is 0.711. The number of nitrogens with zero attached hydrogens (tertiary/aromatic N) is 2. The van der Waals surface area contributed by atoms with E-state index in [4.69, 9.17) is 11.6 Å². The van der Waals surface area contributed by atoms with Crippen molar-refractivity contribution in [2.75, 3.05) is 18.4 Å². The molecule has 0 saturated carbocycles. The summed E-state index contributed by atoms with van der Waals surface area (Å²) in [5.41, 5.74) is 1.04. The SMILES string of the molecule is Cc1ccc(C)c(S(=O)(=O)NCCNc2cnn(C(C)(C)C)c(=O)c2Cl)c1. The van der Waals surface area contributed by atoms with Crippen LogP contribution < -0.4 is 15.6 Å². The van der Waals surface area contributed by atoms with Gasteiger partial charge in [-0.3, -0.25) is 4.79 Å². The minimum atomic E-state index is -3.62. The number of halogens is 1.